The van der Waals surface area contributed by atoms with Crippen LogP contribution in [0.25, 0.3) is 0 Å². The summed E-state index contributed by atoms with van der Waals surface area (Å²) in [5.74, 6) is 0. The summed E-state index contributed by atoms with van der Waals surface area (Å²) in [7, 11) is -3.41. The minimum Gasteiger partial charge on any atom is -0.392 e. The predicted molar refractivity (Wildman–Crippen MR) is 69.3 cm³/mol. The van der Waals surface area contributed by atoms with Gasteiger partial charge in [0.15, 0.2) is 0 Å². The fourth-order valence-electron chi connectivity index (χ4n) is 2.52. The minimum absolute atomic E-state index is 0.0485. The van der Waals surface area contributed by atoms with E-state index in [1.807, 2.05) is 0 Å². The molecule has 0 aliphatic carbocycles. The van der Waals surface area contributed by atoms with Crippen LogP contribution in [0.4, 0.5) is 0 Å². The van der Waals surface area contributed by atoms with Crippen LogP contribution in [0, 0.1) is 0 Å². The van der Waals surface area contributed by atoms with E-state index in [0.29, 0.717) is 19.5 Å². The molecule has 2 rings (SSSR count). The van der Waals surface area contributed by atoms with Crippen molar-refractivity contribution in [3.63, 3.8) is 0 Å². The van der Waals surface area contributed by atoms with Gasteiger partial charge in [-0.1, -0.05) is 19.1 Å². The van der Waals surface area contributed by atoms with Gasteiger partial charge in [-0.25, -0.2) is 8.42 Å². The first-order valence-corrected chi connectivity index (χ1v) is 7.80. The first kappa shape index (κ1) is 13.2. The van der Waals surface area contributed by atoms with Gasteiger partial charge in [-0.2, -0.15) is 4.31 Å². The van der Waals surface area contributed by atoms with E-state index in [1.54, 1.807) is 6.92 Å². The first-order chi connectivity index (χ1) is 7.95. The van der Waals surface area contributed by atoms with Gasteiger partial charge in [0, 0.05) is 13.1 Å². The molecule has 3 unspecified atom stereocenters. The normalized spacial score (nSPS) is 31.4. The van der Waals surface area contributed by atoms with Crippen LogP contribution < -0.4 is 5.73 Å². The van der Waals surface area contributed by atoms with E-state index in [-0.39, 0.29) is 17.2 Å². The summed E-state index contributed by atoms with van der Waals surface area (Å²) >= 11 is 4.85. The lowest BCUT2D eigenvalue weighted by atomic mass is 10.2. The van der Waals surface area contributed by atoms with Crippen LogP contribution in [0.2, 0.25) is 0 Å². The third-order valence-corrected chi connectivity index (χ3v) is 6.18. The summed E-state index contributed by atoms with van der Waals surface area (Å²) in [6.45, 7) is 2.67. The number of nitrogens with zero attached hydrogens (tertiary/aromatic N) is 1. The van der Waals surface area contributed by atoms with Gasteiger partial charge in [-0.05, 0) is 19.3 Å². The Bertz CT molecular complexity index is 398. The molecule has 2 bridgehead atoms. The topological polar surface area (TPSA) is 72.6 Å². The molecule has 0 aromatic carbocycles. The van der Waals surface area contributed by atoms with Gasteiger partial charge in [0.1, 0.15) is 5.25 Å². The van der Waals surface area contributed by atoms with Crippen LogP contribution in [-0.4, -0.2) is 48.3 Å². The third kappa shape index (κ3) is 2.47. The van der Waals surface area contributed by atoms with E-state index < -0.39 is 15.3 Å². The van der Waals surface area contributed by atoms with Gasteiger partial charge in [0.25, 0.3) is 0 Å². The standard InChI is InChI=1S/C10H18N2O3S2/c1-2-9(10(11)16)17(13,14)12-5-7-3-4-8(6-12)15-7/h7-9H,2-6H2,1H3,(H2,11,16). The molecule has 0 saturated carbocycles. The average molecular weight is 278 g/mol. The second kappa shape index (κ2) is 4.79. The molecule has 0 amide bonds. The van der Waals surface area contributed by atoms with Gasteiger partial charge in [-0.3, -0.25) is 0 Å². The Balaban J connectivity index is 2.18. The lowest BCUT2D eigenvalue weighted by Crippen LogP contribution is -2.51. The highest BCUT2D eigenvalue weighted by atomic mass is 32.2. The molecule has 0 aromatic rings. The lowest BCUT2D eigenvalue weighted by Gasteiger charge is -2.33. The second-order valence-electron chi connectivity index (χ2n) is 4.62. The fourth-order valence-corrected chi connectivity index (χ4v) is 4.88. The Kier molecular flexibility index (Phi) is 3.72. The highest BCUT2D eigenvalue weighted by molar-refractivity contribution is 7.92. The smallest absolute Gasteiger partial charge is 0.223 e. The summed E-state index contributed by atoms with van der Waals surface area (Å²) in [5, 5.41) is -0.741. The molecule has 0 spiro atoms. The van der Waals surface area contributed by atoms with Gasteiger partial charge in [0.05, 0.1) is 17.2 Å². The second-order valence-corrected chi connectivity index (χ2v) is 7.21. The molecule has 2 heterocycles. The number of fused-ring (bicyclic) bond motifs is 2. The zero-order chi connectivity index (χ0) is 12.6. The molecule has 5 nitrogen and oxygen atoms in total. The van der Waals surface area contributed by atoms with Crippen molar-refractivity contribution < 1.29 is 13.2 Å². The monoisotopic (exact) mass is 278 g/mol. The Morgan fingerprint density at radius 2 is 2.00 bits per heavy atom. The summed E-state index contributed by atoms with van der Waals surface area (Å²) < 4.78 is 31.9. The van der Waals surface area contributed by atoms with E-state index in [4.69, 9.17) is 22.7 Å². The number of rotatable bonds is 4. The first-order valence-electron chi connectivity index (χ1n) is 5.89. The number of nitrogens with two attached hydrogens (primary N) is 1. The van der Waals surface area contributed by atoms with Crippen molar-refractivity contribution in [2.45, 2.75) is 43.6 Å². The molecular weight excluding hydrogens is 260 g/mol. The maximum atomic E-state index is 12.4. The Labute approximate surface area is 107 Å². The highest BCUT2D eigenvalue weighted by Gasteiger charge is 2.41. The van der Waals surface area contributed by atoms with Crippen molar-refractivity contribution in [3.8, 4) is 0 Å². The lowest BCUT2D eigenvalue weighted by molar-refractivity contribution is -0.0115. The van der Waals surface area contributed by atoms with Gasteiger partial charge < -0.3 is 10.5 Å². The molecule has 2 N–H and O–H groups in total. The number of ether oxygens (including phenoxy) is 1. The number of sulfonamides is 1. The largest absolute Gasteiger partial charge is 0.392 e. The molecule has 0 radical (unpaired) electrons. The third-order valence-electron chi connectivity index (χ3n) is 3.42. The van der Waals surface area contributed by atoms with Crippen LogP contribution >= 0.6 is 12.2 Å². The van der Waals surface area contributed by atoms with Crippen LogP contribution in [0.5, 0.6) is 0 Å². The van der Waals surface area contributed by atoms with E-state index in [2.05, 4.69) is 0 Å². The molecule has 2 saturated heterocycles. The molecule has 2 fully saturated rings. The van der Waals surface area contributed by atoms with Crippen molar-refractivity contribution in [2.75, 3.05) is 13.1 Å². The van der Waals surface area contributed by atoms with Crippen LogP contribution in [0.1, 0.15) is 26.2 Å². The van der Waals surface area contributed by atoms with Crippen molar-refractivity contribution in [2.24, 2.45) is 5.73 Å². The number of thiocarbonyl (C=S) groups is 1. The zero-order valence-electron chi connectivity index (χ0n) is 9.83. The van der Waals surface area contributed by atoms with Gasteiger partial charge in [0.2, 0.25) is 10.0 Å². The van der Waals surface area contributed by atoms with Crippen molar-refractivity contribution in [3.05, 3.63) is 0 Å². The maximum Gasteiger partial charge on any atom is 0.223 e. The highest BCUT2D eigenvalue weighted by Crippen LogP contribution is 2.29. The molecule has 98 valence electrons. The fraction of sp³-hybridized carbons (Fsp3) is 0.900. The van der Waals surface area contributed by atoms with E-state index in [9.17, 15) is 8.42 Å². The number of hydrogen-bond acceptors (Lipinski definition) is 4. The van der Waals surface area contributed by atoms with Gasteiger partial charge >= 0.3 is 0 Å². The maximum absolute atomic E-state index is 12.4. The minimum atomic E-state index is -3.41. The molecule has 17 heavy (non-hydrogen) atoms. The zero-order valence-corrected chi connectivity index (χ0v) is 11.5. The van der Waals surface area contributed by atoms with E-state index in [1.165, 1.54) is 4.31 Å². The van der Waals surface area contributed by atoms with Crippen molar-refractivity contribution in [1.29, 1.82) is 0 Å². The Morgan fingerprint density at radius 3 is 2.41 bits per heavy atom. The number of hydrogen-bond donors (Lipinski definition) is 1. The SMILES string of the molecule is CCC(C(N)=S)S(=O)(=O)N1CC2CCC(C1)O2. The summed E-state index contributed by atoms with van der Waals surface area (Å²) in [6.07, 6.45) is 2.41. The number of morpholine rings is 1. The van der Waals surface area contributed by atoms with Gasteiger partial charge in [-0.15, -0.1) is 0 Å². The van der Waals surface area contributed by atoms with E-state index >= 15 is 0 Å². The molecule has 2 aliphatic heterocycles. The molecule has 7 heteroatoms. The molecule has 0 aromatic heterocycles. The van der Waals surface area contributed by atoms with Crippen molar-refractivity contribution >= 4 is 27.2 Å². The van der Waals surface area contributed by atoms with Crippen LogP contribution in [0.15, 0.2) is 0 Å². The Hall–Kier alpha value is -0.240. The molecular formula is C10H18N2O3S2. The Morgan fingerprint density at radius 1 is 1.47 bits per heavy atom. The van der Waals surface area contributed by atoms with Crippen molar-refractivity contribution in [1.82, 2.24) is 4.31 Å². The summed E-state index contributed by atoms with van der Waals surface area (Å²) in [5.41, 5.74) is 5.52. The molecule has 2 aliphatic rings. The summed E-state index contributed by atoms with van der Waals surface area (Å²) in [4.78, 5) is 0.0614. The quantitative estimate of drug-likeness (QED) is 0.746. The van der Waals surface area contributed by atoms with Crippen LogP contribution in [0.3, 0.4) is 0 Å². The van der Waals surface area contributed by atoms with Crippen LogP contribution in [-0.2, 0) is 14.8 Å². The predicted octanol–water partition coefficient (Wildman–Crippen LogP) is 0.244. The average Bonchev–Trinajstić information content (AvgIpc) is 2.57. The van der Waals surface area contributed by atoms with E-state index in [0.717, 1.165) is 12.8 Å². The summed E-state index contributed by atoms with van der Waals surface area (Å²) in [6, 6.07) is 0. The molecule has 3 atom stereocenters.